The van der Waals surface area contributed by atoms with Gasteiger partial charge < -0.3 is 28.5 Å². The molecule has 10 nitrogen and oxygen atoms in total. The molecule has 0 saturated heterocycles. The third kappa shape index (κ3) is 3.69. The van der Waals surface area contributed by atoms with Crippen molar-refractivity contribution in [2.45, 2.75) is 0 Å². The minimum atomic E-state index is -1.38. The SMILES string of the molecule is O=C(O)c1cc(=O)c2c(OCOc3cccc4oc(C(=O)O)cc(=O)c34)cccc2o1. The molecule has 0 fully saturated rings. The van der Waals surface area contributed by atoms with Gasteiger partial charge in [-0.15, -0.1) is 0 Å². The second-order valence-electron chi connectivity index (χ2n) is 6.23. The van der Waals surface area contributed by atoms with Crippen LogP contribution < -0.4 is 20.3 Å². The molecule has 10 heteroatoms. The number of aromatic carboxylic acids is 2. The summed E-state index contributed by atoms with van der Waals surface area (Å²) in [5.41, 5.74) is -1.17. The average Bonchev–Trinajstić information content (AvgIpc) is 2.73. The minimum absolute atomic E-state index is 0.0226. The second-order valence-corrected chi connectivity index (χ2v) is 6.23. The molecule has 0 unspecified atom stereocenters. The molecule has 2 heterocycles. The van der Waals surface area contributed by atoms with Gasteiger partial charge in [-0.05, 0) is 24.3 Å². The highest BCUT2D eigenvalue weighted by atomic mass is 16.7. The Morgan fingerprint density at radius 1 is 0.742 bits per heavy atom. The van der Waals surface area contributed by atoms with Crippen molar-refractivity contribution in [3.8, 4) is 11.5 Å². The molecular formula is C21H12O10. The Labute approximate surface area is 171 Å². The van der Waals surface area contributed by atoms with Crippen molar-refractivity contribution in [2.75, 3.05) is 6.79 Å². The van der Waals surface area contributed by atoms with E-state index in [1.165, 1.54) is 36.4 Å². The van der Waals surface area contributed by atoms with Gasteiger partial charge in [0.15, 0.2) is 10.9 Å². The van der Waals surface area contributed by atoms with E-state index in [1.54, 1.807) is 0 Å². The quantitative estimate of drug-likeness (QED) is 0.442. The lowest BCUT2D eigenvalue weighted by Crippen LogP contribution is -2.12. The Morgan fingerprint density at radius 2 is 1.16 bits per heavy atom. The fraction of sp³-hybridized carbons (Fsp3) is 0.0476. The summed E-state index contributed by atoms with van der Waals surface area (Å²) in [5.74, 6) is -3.60. The molecule has 4 aromatic rings. The van der Waals surface area contributed by atoms with E-state index in [1.807, 2.05) is 0 Å². The molecule has 0 aliphatic rings. The number of hydrogen-bond acceptors (Lipinski definition) is 8. The van der Waals surface area contributed by atoms with Crippen LogP contribution in [0.4, 0.5) is 0 Å². The van der Waals surface area contributed by atoms with Gasteiger partial charge in [0, 0.05) is 12.1 Å². The zero-order chi connectivity index (χ0) is 22.1. The van der Waals surface area contributed by atoms with Crippen LogP contribution in [-0.2, 0) is 0 Å². The van der Waals surface area contributed by atoms with Crippen LogP contribution in [0.1, 0.15) is 21.1 Å². The van der Waals surface area contributed by atoms with E-state index in [9.17, 15) is 19.2 Å². The number of benzene rings is 2. The van der Waals surface area contributed by atoms with Crippen molar-refractivity contribution in [3.63, 3.8) is 0 Å². The molecule has 2 N–H and O–H groups in total. The van der Waals surface area contributed by atoms with Crippen molar-refractivity contribution < 1.29 is 38.1 Å². The van der Waals surface area contributed by atoms with Crippen molar-refractivity contribution in [3.05, 3.63) is 80.5 Å². The molecule has 0 aliphatic carbocycles. The predicted molar refractivity (Wildman–Crippen MR) is 105 cm³/mol. The highest BCUT2D eigenvalue weighted by molar-refractivity contribution is 5.90. The largest absolute Gasteiger partial charge is 0.475 e. The first-order chi connectivity index (χ1) is 14.8. The summed E-state index contributed by atoms with van der Waals surface area (Å²) in [6.07, 6.45) is 0. The van der Waals surface area contributed by atoms with Gasteiger partial charge in [0.1, 0.15) is 33.4 Å². The van der Waals surface area contributed by atoms with Gasteiger partial charge in [0.05, 0.1) is 0 Å². The van der Waals surface area contributed by atoms with E-state index >= 15 is 0 Å². The highest BCUT2D eigenvalue weighted by Crippen LogP contribution is 2.26. The molecule has 2 aromatic heterocycles. The summed E-state index contributed by atoms with van der Waals surface area (Å²) in [6, 6.07) is 10.5. The Balaban J connectivity index is 1.63. The van der Waals surface area contributed by atoms with Crippen LogP contribution in [-0.4, -0.2) is 28.9 Å². The number of hydrogen-bond donors (Lipinski definition) is 2. The third-order valence-electron chi connectivity index (χ3n) is 4.28. The molecule has 0 atom stereocenters. The van der Waals surface area contributed by atoms with Gasteiger partial charge >= 0.3 is 11.9 Å². The Hall–Kier alpha value is -4.60. The molecule has 0 aliphatic heterocycles. The number of carboxylic acid groups (broad SMARTS) is 2. The Kier molecular flexibility index (Phi) is 4.88. The Morgan fingerprint density at radius 3 is 1.55 bits per heavy atom. The molecule has 0 saturated carbocycles. The van der Waals surface area contributed by atoms with Crippen LogP contribution in [0.2, 0.25) is 0 Å². The number of carbonyl (C=O) groups is 2. The summed E-state index contributed by atoms with van der Waals surface area (Å²) in [4.78, 5) is 46.7. The van der Waals surface area contributed by atoms with Crippen LogP contribution in [0.15, 0.2) is 67.0 Å². The van der Waals surface area contributed by atoms with E-state index in [4.69, 9.17) is 28.5 Å². The van der Waals surface area contributed by atoms with Crippen LogP contribution >= 0.6 is 0 Å². The van der Waals surface area contributed by atoms with Crippen molar-refractivity contribution in [2.24, 2.45) is 0 Å². The third-order valence-corrected chi connectivity index (χ3v) is 4.28. The standard InChI is InChI=1S/C21H12O10/c22-10-7-16(20(24)25)30-14-5-1-3-12(18(10)14)28-9-29-13-4-2-6-15-19(13)11(23)8-17(31-15)21(26)27/h1-8H,9H2,(H,24,25)(H,26,27). The first kappa shape index (κ1) is 19.7. The lowest BCUT2D eigenvalue weighted by atomic mass is 10.2. The minimum Gasteiger partial charge on any atom is -0.475 e. The molecule has 156 valence electrons. The molecule has 31 heavy (non-hydrogen) atoms. The zero-order valence-electron chi connectivity index (χ0n) is 15.5. The summed E-state index contributed by atoms with van der Waals surface area (Å²) in [7, 11) is 0. The van der Waals surface area contributed by atoms with Gasteiger partial charge in [-0.2, -0.15) is 0 Å². The first-order valence-corrected chi connectivity index (χ1v) is 8.71. The molecule has 2 aromatic carbocycles. The molecule has 4 rings (SSSR count). The van der Waals surface area contributed by atoms with Gasteiger partial charge in [0.25, 0.3) is 0 Å². The van der Waals surface area contributed by atoms with Crippen molar-refractivity contribution in [1.29, 1.82) is 0 Å². The second kappa shape index (κ2) is 7.67. The number of rotatable bonds is 6. The van der Waals surface area contributed by atoms with Crippen LogP contribution in [0.5, 0.6) is 11.5 Å². The van der Waals surface area contributed by atoms with Gasteiger partial charge in [0.2, 0.25) is 18.3 Å². The average molecular weight is 424 g/mol. The number of fused-ring (bicyclic) bond motifs is 2. The number of ether oxygens (including phenoxy) is 2. The normalized spacial score (nSPS) is 10.8. The molecule has 0 spiro atoms. The van der Waals surface area contributed by atoms with Crippen molar-refractivity contribution >= 4 is 33.9 Å². The number of carboxylic acids is 2. The van der Waals surface area contributed by atoms with Crippen LogP contribution in [0.25, 0.3) is 21.9 Å². The van der Waals surface area contributed by atoms with E-state index in [0.717, 1.165) is 12.1 Å². The fourth-order valence-corrected chi connectivity index (χ4v) is 2.96. The van der Waals surface area contributed by atoms with Crippen molar-refractivity contribution in [1.82, 2.24) is 0 Å². The topological polar surface area (TPSA) is 153 Å². The van der Waals surface area contributed by atoms with Crippen LogP contribution in [0, 0.1) is 0 Å². The summed E-state index contributed by atoms with van der Waals surface area (Å²) >= 11 is 0. The lowest BCUT2D eigenvalue weighted by molar-refractivity contribution is 0.0653. The van der Waals surface area contributed by atoms with E-state index in [2.05, 4.69) is 0 Å². The smallest absolute Gasteiger partial charge is 0.371 e. The zero-order valence-corrected chi connectivity index (χ0v) is 15.5. The Bertz CT molecular complexity index is 1350. The molecule has 0 radical (unpaired) electrons. The van der Waals surface area contributed by atoms with E-state index < -0.39 is 41.1 Å². The monoisotopic (exact) mass is 424 g/mol. The molecule has 0 bridgehead atoms. The van der Waals surface area contributed by atoms with E-state index in [-0.39, 0.29) is 33.4 Å². The van der Waals surface area contributed by atoms with Gasteiger partial charge in [-0.3, -0.25) is 9.59 Å². The predicted octanol–water partition coefficient (Wildman–Crippen LogP) is 2.71. The van der Waals surface area contributed by atoms with Gasteiger partial charge in [-0.1, -0.05) is 12.1 Å². The van der Waals surface area contributed by atoms with E-state index in [0.29, 0.717) is 0 Å². The molecular weight excluding hydrogens is 412 g/mol. The molecule has 0 amide bonds. The highest BCUT2D eigenvalue weighted by Gasteiger charge is 2.16. The van der Waals surface area contributed by atoms with Crippen LogP contribution in [0.3, 0.4) is 0 Å². The fourth-order valence-electron chi connectivity index (χ4n) is 2.96. The van der Waals surface area contributed by atoms with Gasteiger partial charge in [-0.25, -0.2) is 9.59 Å². The summed E-state index contributed by atoms with van der Waals surface area (Å²) in [5, 5.41) is 18.1. The maximum atomic E-state index is 12.3. The first-order valence-electron chi connectivity index (χ1n) is 8.71. The lowest BCUT2D eigenvalue weighted by Gasteiger charge is -2.11. The summed E-state index contributed by atoms with van der Waals surface area (Å²) in [6.45, 7) is -0.418. The summed E-state index contributed by atoms with van der Waals surface area (Å²) < 4.78 is 21.4. The maximum Gasteiger partial charge on any atom is 0.371 e. The maximum absolute atomic E-state index is 12.3.